The second-order valence-corrected chi connectivity index (χ2v) is 6.50. The molecule has 132 valence electrons. The van der Waals surface area contributed by atoms with Gasteiger partial charge in [-0.2, -0.15) is 0 Å². The van der Waals surface area contributed by atoms with Crippen LogP contribution in [-0.4, -0.2) is 37.1 Å². The Balaban J connectivity index is 1.65. The van der Waals surface area contributed by atoms with Gasteiger partial charge in [-0.3, -0.25) is 4.90 Å². The van der Waals surface area contributed by atoms with E-state index < -0.39 is 0 Å². The van der Waals surface area contributed by atoms with Crippen molar-refractivity contribution in [1.29, 1.82) is 0 Å². The van der Waals surface area contributed by atoms with Gasteiger partial charge in [0.1, 0.15) is 0 Å². The SMILES string of the molecule is COC(=O)c1ccc(N)c(NC2CCCN(Cc3ccccc3)C2)c1. The van der Waals surface area contributed by atoms with Gasteiger partial charge in [0.2, 0.25) is 0 Å². The maximum absolute atomic E-state index is 11.7. The molecule has 1 fully saturated rings. The third-order valence-electron chi connectivity index (χ3n) is 4.59. The minimum absolute atomic E-state index is 0.313. The second kappa shape index (κ2) is 8.03. The lowest BCUT2D eigenvalue weighted by molar-refractivity contribution is 0.0601. The molecule has 5 heteroatoms. The predicted octanol–water partition coefficient (Wildman–Crippen LogP) is 3.13. The molecule has 2 aromatic rings. The first-order chi connectivity index (χ1) is 12.2. The van der Waals surface area contributed by atoms with Crippen molar-refractivity contribution in [3.8, 4) is 0 Å². The summed E-state index contributed by atoms with van der Waals surface area (Å²) in [6.07, 6.45) is 2.23. The van der Waals surface area contributed by atoms with Gasteiger partial charge in [0, 0.05) is 19.1 Å². The van der Waals surface area contributed by atoms with Gasteiger partial charge >= 0.3 is 5.97 Å². The molecule has 1 unspecified atom stereocenters. The monoisotopic (exact) mass is 339 g/mol. The van der Waals surface area contributed by atoms with Crippen molar-refractivity contribution < 1.29 is 9.53 Å². The molecule has 0 aromatic heterocycles. The number of rotatable bonds is 5. The van der Waals surface area contributed by atoms with E-state index in [1.807, 2.05) is 6.07 Å². The average molecular weight is 339 g/mol. The van der Waals surface area contributed by atoms with Crippen molar-refractivity contribution in [1.82, 2.24) is 4.90 Å². The quantitative estimate of drug-likeness (QED) is 0.647. The maximum Gasteiger partial charge on any atom is 0.337 e. The minimum atomic E-state index is -0.350. The molecule has 1 aliphatic rings. The summed E-state index contributed by atoms with van der Waals surface area (Å²) in [5.41, 5.74) is 9.36. The number of hydrogen-bond acceptors (Lipinski definition) is 5. The molecule has 2 aromatic carbocycles. The number of anilines is 2. The van der Waals surface area contributed by atoms with Crippen molar-refractivity contribution in [3.63, 3.8) is 0 Å². The highest BCUT2D eigenvalue weighted by molar-refractivity contribution is 5.92. The van der Waals surface area contributed by atoms with E-state index in [1.54, 1.807) is 18.2 Å². The largest absolute Gasteiger partial charge is 0.465 e. The molecule has 0 bridgehead atoms. The first-order valence-electron chi connectivity index (χ1n) is 8.66. The van der Waals surface area contributed by atoms with E-state index in [-0.39, 0.29) is 5.97 Å². The predicted molar refractivity (Wildman–Crippen MR) is 101 cm³/mol. The lowest BCUT2D eigenvalue weighted by Gasteiger charge is -2.34. The molecule has 0 saturated carbocycles. The van der Waals surface area contributed by atoms with E-state index in [2.05, 4.69) is 34.5 Å². The summed E-state index contributed by atoms with van der Waals surface area (Å²) in [5, 5.41) is 3.51. The number of hydrogen-bond donors (Lipinski definition) is 2. The number of ether oxygens (including phenoxy) is 1. The molecular formula is C20H25N3O2. The van der Waals surface area contributed by atoms with Crippen molar-refractivity contribution in [2.24, 2.45) is 0 Å². The van der Waals surface area contributed by atoms with Gasteiger partial charge in [-0.25, -0.2) is 4.79 Å². The van der Waals surface area contributed by atoms with Crippen LogP contribution >= 0.6 is 0 Å². The van der Waals surface area contributed by atoms with Crippen molar-refractivity contribution in [2.75, 3.05) is 31.2 Å². The van der Waals surface area contributed by atoms with Gasteiger partial charge in [0.25, 0.3) is 0 Å². The van der Waals surface area contributed by atoms with Crippen LogP contribution < -0.4 is 11.1 Å². The smallest absolute Gasteiger partial charge is 0.337 e. The normalized spacial score (nSPS) is 17.9. The number of esters is 1. The highest BCUT2D eigenvalue weighted by Crippen LogP contribution is 2.24. The molecule has 1 heterocycles. The highest BCUT2D eigenvalue weighted by Gasteiger charge is 2.21. The van der Waals surface area contributed by atoms with Gasteiger partial charge < -0.3 is 15.8 Å². The van der Waals surface area contributed by atoms with Crippen LogP contribution in [0, 0.1) is 0 Å². The summed E-state index contributed by atoms with van der Waals surface area (Å²) in [4.78, 5) is 14.2. The fraction of sp³-hybridized carbons (Fsp3) is 0.350. The molecule has 1 aliphatic heterocycles. The summed E-state index contributed by atoms with van der Waals surface area (Å²) in [7, 11) is 1.38. The Morgan fingerprint density at radius 1 is 1.28 bits per heavy atom. The lowest BCUT2D eigenvalue weighted by Crippen LogP contribution is -2.41. The Labute approximate surface area is 148 Å². The maximum atomic E-state index is 11.7. The fourth-order valence-electron chi connectivity index (χ4n) is 3.30. The molecule has 0 radical (unpaired) electrons. The van der Waals surface area contributed by atoms with Gasteiger partial charge in [-0.05, 0) is 43.1 Å². The second-order valence-electron chi connectivity index (χ2n) is 6.50. The fourth-order valence-corrected chi connectivity index (χ4v) is 3.30. The lowest BCUT2D eigenvalue weighted by atomic mass is 10.0. The van der Waals surface area contributed by atoms with E-state index in [1.165, 1.54) is 12.7 Å². The van der Waals surface area contributed by atoms with E-state index >= 15 is 0 Å². The summed E-state index contributed by atoms with van der Waals surface area (Å²) in [6.45, 7) is 3.01. The first kappa shape index (κ1) is 17.3. The van der Waals surface area contributed by atoms with Crippen LogP contribution in [0.2, 0.25) is 0 Å². The number of carbonyl (C=O) groups excluding carboxylic acids is 1. The van der Waals surface area contributed by atoms with Gasteiger partial charge in [0.05, 0.1) is 24.0 Å². The molecule has 3 rings (SSSR count). The van der Waals surface area contributed by atoms with E-state index in [4.69, 9.17) is 10.5 Å². The number of nitrogens with zero attached hydrogens (tertiary/aromatic N) is 1. The van der Waals surface area contributed by atoms with Crippen LogP contribution in [0.3, 0.4) is 0 Å². The third kappa shape index (κ3) is 4.51. The van der Waals surface area contributed by atoms with E-state index in [9.17, 15) is 4.79 Å². The minimum Gasteiger partial charge on any atom is -0.465 e. The Bertz CT molecular complexity index is 718. The van der Waals surface area contributed by atoms with Crippen molar-refractivity contribution >= 4 is 17.3 Å². The summed E-state index contributed by atoms with van der Waals surface area (Å²) in [6, 6.07) is 16.0. The molecule has 0 amide bonds. The molecule has 0 aliphatic carbocycles. The van der Waals surface area contributed by atoms with Gasteiger partial charge in [-0.1, -0.05) is 30.3 Å². The Kier molecular flexibility index (Phi) is 5.56. The Morgan fingerprint density at radius 3 is 2.84 bits per heavy atom. The number of benzene rings is 2. The van der Waals surface area contributed by atoms with Crippen molar-refractivity contribution in [2.45, 2.75) is 25.4 Å². The molecule has 1 saturated heterocycles. The van der Waals surface area contributed by atoms with E-state index in [0.717, 1.165) is 38.2 Å². The van der Waals surface area contributed by atoms with Crippen LogP contribution in [0.5, 0.6) is 0 Å². The number of piperidine rings is 1. The van der Waals surface area contributed by atoms with Gasteiger partial charge in [0.15, 0.2) is 0 Å². The number of methoxy groups -OCH3 is 1. The molecule has 25 heavy (non-hydrogen) atoms. The zero-order chi connectivity index (χ0) is 17.6. The summed E-state index contributed by atoms with van der Waals surface area (Å²) >= 11 is 0. The topological polar surface area (TPSA) is 67.6 Å². The summed E-state index contributed by atoms with van der Waals surface area (Å²) in [5.74, 6) is -0.350. The Morgan fingerprint density at radius 2 is 2.08 bits per heavy atom. The van der Waals surface area contributed by atoms with E-state index in [0.29, 0.717) is 17.3 Å². The Hall–Kier alpha value is -2.53. The molecule has 5 nitrogen and oxygen atoms in total. The van der Waals surface area contributed by atoms with Crippen LogP contribution in [0.4, 0.5) is 11.4 Å². The molecular weight excluding hydrogens is 314 g/mol. The average Bonchev–Trinajstić information content (AvgIpc) is 2.64. The zero-order valence-electron chi connectivity index (χ0n) is 14.6. The number of nitrogens with one attached hydrogen (secondary N) is 1. The first-order valence-corrected chi connectivity index (χ1v) is 8.66. The van der Waals surface area contributed by atoms with Gasteiger partial charge in [-0.15, -0.1) is 0 Å². The number of nitrogen functional groups attached to an aromatic ring is 1. The van der Waals surface area contributed by atoms with Crippen molar-refractivity contribution in [3.05, 3.63) is 59.7 Å². The van der Waals surface area contributed by atoms with Crippen LogP contribution in [-0.2, 0) is 11.3 Å². The molecule has 1 atom stereocenters. The molecule has 3 N–H and O–H groups in total. The highest BCUT2D eigenvalue weighted by atomic mass is 16.5. The van der Waals surface area contributed by atoms with Crippen LogP contribution in [0.25, 0.3) is 0 Å². The summed E-state index contributed by atoms with van der Waals surface area (Å²) < 4.78 is 4.79. The number of likely N-dealkylation sites (tertiary alicyclic amines) is 1. The van der Waals surface area contributed by atoms with Crippen LogP contribution in [0.15, 0.2) is 48.5 Å². The van der Waals surface area contributed by atoms with Crippen LogP contribution in [0.1, 0.15) is 28.8 Å². The molecule has 0 spiro atoms. The third-order valence-corrected chi connectivity index (χ3v) is 4.59. The zero-order valence-corrected chi connectivity index (χ0v) is 14.6. The standard InChI is InChI=1S/C20H25N3O2/c1-25-20(24)16-9-10-18(21)19(12-16)22-17-8-5-11-23(14-17)13-15-6-3-2-4-7-15/h2-4,6-7,9-10,12,17,22H,5,8,11,13-14,21H2,1H3. The number of carbonyl (C=O) groups is 1. The number of nitrogens with two attached hydrogens (primary N) is 1.